The third-order valence-electron chi connectivity index (χ3n) is 6.61. The second-order valence-electron chi connectivity index (χ2n) is 9.23. The van der Waals surface area contributed by atoms with Gasteiger partial charge < -0.3 is 5.32 Å². The fourth-order valence-corrected chi connectivity index (χ4v) is 6.13. The number of nitrogens with one attached hydrogen (secondary N) is 1. The van der Waals surface area contributed by atoms with Crippen LogP contribution in [0.1, 0.15) is 74.4 Å². The average molecular weight is 531 g/mol. The summed E-state index contributed by atoms with van der Waals surface area (Å²) in [6.07, 6.45) is 13.3. The van der Waals surface area contributed by atoms with E-state index in [4.69, 9.17) is 28.3 Å². The minimum Gasteiger partial charge on any atom is -0.350 e. The lowest BCUT2D eigenvalue weighted by Gasteiger charge is -2.13. The van der Waals surface area contributed by atoms with Crippen LogP contribution in [0.25, 0.3) is 22.3 Å². The van der Waals surface area contributed by atoms with Gasteiger partial charge in [-0.3, -0.25) is 4.79 Å². The highest BCUT2D eigenvalue weighted by atomic mass is 35.5. The monoisotopic (exact) mass is 529 g/mol. The molecule has 1 N–H and O–H groups in total. The number of unbranched alkanes of at least 4 members (excludes halogenated alkanes) is 1. The van der Waals surface area contributed by atoms with Crippen molar-refractivity contribution in [2.45, 2.75) is 71.8 Å². The van der Waals surface area contributed by atoms with Gasteiger partial charge in [0.2, 0.25) is 5.91 Å². The van der Waals surface area contributed by atoms with Gasteiger partial charge in [-0.05, 0) is 62.6 Å². The molecular weight excluding hydrogens is 497 g/mol. The first-order chi connectivity index (χ1) is 17.0. The maximum absolute atomic E-state index is 12.9. The second-order valence-corrected chi connectivity index (χ2v) is 11.2. The molecule has 1 amide bonds. The van der Waals surface area contributed by atoms with E-state index in [0.717, 1.165) is 66.0 Å². The first kappa shape index (κ1) is 26.0. The molecule has 1 aliphatic carbocycles. The highest BCUT2D eigenvalue weighted by Gasteiger charge is 2.23. The Kier molecular flexibility index (Phi) is 9.10. The summed E-state index contributed by atoms with van der Waals surface area (Å²) in [4.78, 5) is 15.2. The smallest absolute Gasteiger partial charge is 0.223 e. The van der Waals surface area contributed by atoms with Crippen LogP contribution < -0.4 is 5.32 Å². The van der Waals surface area contributed by atoms with Crippen molar-refractivity contribution in [1.29, 1.82) is 0 Å². The van der Waals surface area contributed by atoms with Crippen LogP contribution >= 0.6 is 34.5 Å². The standard InChI is InChI=1S/C28H33Cl2N3OS/c1-3-4-7-12-22-14-16-26(35-22)27-19(2)24(18-31-28(34)20-10-8-5-6-9-11-20)32-33(27)25-15-13-21(29)17-23(25)30/h7,12-17,20H,3-6,8-11,18H2,1-2H3,(H,31,34). The minimum atomic E-state index is 0.111. The zero-order valence-corrected chi connectivity index (χ0v) is 22.8. The lowest BCUT2D eigenvalue weighted by atomic mass is 9.99. The van der Waals surface area contributed by atoms with Crippen molar-refractivity contribution in [3.05, 3.63) is 62.6 Å². The summed E-state index contributed by atoms with van der Waals surface area (Å²) in [5.74, 6) is 0.256. The van der Waals surface area contributed by atoms with Crippen molar-refractivity contribution in [1.82, 2.24) is 15.1 Å². The van der Waals surface area contributed by atoms with Crippen molar-refractivity contribution in [2.24, 2.45) is 5.92 Å². The average Bonchev–Trinajstić information content (AvgIpc) is 3.30. The van der Waals surface area contributed by atoms with Gasteiger partial charge in [0.25, 0.3) is 0 Å². The van der Waals surface area contributed by atoms with E-state index in [0.29, 0.717) is 16.6 Å². The van der Waals surface area contributed by atoms with E-state index >= 15 is 0 Å². The Labute approximate surface area is 222 Å². The van der Waals surface area contributed by atoms with Crippen molar-refractivity contribution in [2.75, 3.05) is 0 Å². The molecule has 3 aromatic rings. The zero-order valence-electron chi connectivity index (χ0n) is 20.4. The van der Waals surface area contributed by atoms with Gasteiger partial charge >= 0.3 is 0 Å². The minimum absolute atomic E-state index is 0.111. The Morgan fingerprint density at radius 1 is 1.17 bits per heavy atom. The van der Waals surface area contributed by atoms with E-state index in [1.807, 2.05) is 16.8 Å². The number of allylic oxidation sites excluding steroid dienone is 1. The number of amides is 1. The molecule has 2 heterocycles. The van der Waals surface area contributed by atoms with Crippen LogP contribution in [0.5, 0.6) is 0 Å². The quantitative estimate of drug-likeness (QED) is 0.296. The molecule has 7 heteroatoms. The number of rotatable bonds is 8. The van der Waals surface area contributed by atoms with E-state index in [9.17, 15) is 4.79 Å². The van der Waals surface area contributed by atoms with Gasteiger partial charge in [-0.1, -0.05) is 68.3 Å². The fraction of sp³-hybridized carbons (Fsp3) is 0.429. The van der Waals surface area contributed by atoms with E-state index < -0.39 is 0 Å². The number of benzene rings is 1. The molecule has 0 unspecified atom stereocenters. The summed E-state index contributed by atoms with van der Waals surface area (Å²) >= 11 is 14.5. The van der Waals surface area contributed by atoms with E-state index in [1.54, 1.807) is 17.4 Å². The Morgan fingerprint density at radius 2 is 1.94 bits per heavy atom. The maximum atomic E-state index is 12.9. The SMILES string of the molecule is CCCC=Cc1ccc(-c2c(C)c(CNC(=O)C3CCCCCC3)nn2-c2ccc(Cl)cc2Cl)s1. The second kappa shape index (κ2) is 12.2. The van der Waals surface area contributed by atoms with Gasteiger partial charge in [0.05, 0.1) is 33.5 Å². The third kappa shape index (κ3) is 6.38. The number of hydrogen-bond acceptors (Lipinski definition) is 3. The van der Waals surface area contributed by atoms with Crippen LogP contribution in [0, 0.1) is 12.8 Å². The largest absolute Gasteiger partial charge is 0.350 e. The van der Waals surface area contributed by atoms with Crippen molar-refractivity contribution < 1.29 is 4.79 Å². The number of halogens is 2. The molecule has 1 aromatic carbocycles. The van der Waals surface area contributed by atoms with Gasteiger partial charge in [-0.25, -0.2) is 4.68 Å². The van der Waals surface area contributed by atoms with Crippen molar-refractivity contribution >= 4 is 46.5 Å². The number of aromatic nitrogens is 2. The lowest BCUT2D eigenvalue weighted by Crippen LogP contribution is -2.30. The normalized spacial score (nSPS) is 15.0. The number of carbonyl (C=O) groups excluding carboxylic acids is 1. The van der Waals surface area contributed by atoms with Gasteiger partial charge in [0.15, 0.2) is 0 Å². The van der Waals surface area contributed by atoms with Crippen LogP contribution in [-0.4, -0.2) is 15.7 Å². The summed E-state index contributed by atoms with van der Waals surface area (Å²) in [7, 11) is 0. The first-order valence-electron chi connectivity index (χ1n) is 12.6. The van der Waals surface area contributed by atoms with Crippen molar-refractivity contribution in [3.63, 3.8) is 0 Å². The molecule has 186 valence electrons. The van der Waals surface area contributed by atoms with Crippen LogP contribution in [0.4, 0.5) is 0 Å². The molecule has 0 atom stereocenters. The molecule has 35 heavy (non-hydrogen) atoms. The van der Waals surface area contributed by atoms with Crippen LogP contribution in [0.2, 0.25) is 10.0 Å². The summed E-state index contributed by atoms with van der Waals surface area (Å²) < 4.78 is 1.90. The third-order valence-corrected chi connectivity index (χ3v) is 8.21. The predicted molar refractivity (Wildman–Crippen MR) is 149 cm³/mol. The molecule has 0 aliphatic heterocycles. The number of nitrogens with zero attached hydrogens (tertiary/aromatic N) is 2. The van der Waals surface area contributed by atoms with E-state index in [2.05, 4.69) is 43.4 Å². The summed E-state index contributed by atoms with van der Waals surface area (Å²) in [6.45, 7) is 4.65. The summed E-state index contributed by atoms with van der Waals surface area (Å²) in [5, 5.41) is 9.22. The van der Waals surface area contributed by atoms with Gasteiger partial charge in [0.1, 0.15) is 0 Å². The Bertz CT molecular complexity index is 1190. The number of carbonyl (C=O) groups is 1. The van der Waals surface area contributed by atoms with Crippen molar-refractivity contribution in [3.8, 4) is 16.3 Å². The molecule has 4 rings (SSSR count). The maximum Gasteiger partial charge on any atom is 0.223 e. The number of hydrogen-bond donors (Lipinski definition) is 1. The molecule has 1 saturated carbocycles. The molecule has 4 nitrogen and oxygen atoms in total. The first-order valence-corrected chi connectivity index (χ1v) is 14.1. The highest BCUT2D eigenvalue weighted by molar-refractivity contribution is 7.16. The molecule has 0 spiro atoms. The summed E-state index contributed by atoms with van der Waals surface area (Å²) in [5.41, 5.74) is 3.66. The molecular formula is C28H33Cl2N3OS. The topological polar surface area (TPSA) is 46.9 Å². The lowest BCUT2D eigenvalue weighted by molar-refractivity contribution is -0.125. The fourth-order valence-electron chi connectivity index (χ4n) is 4.62. The molecule has 0 saturated heterocycles. The summed E-state index contributed by atoms with van der Waals surface area (Å²) in [6, 6.07) is 9.73. The zero-order chi connectivity index (χ0) is 24.8. The van der Waals surface area contributed by atoms with Gasteiger partial charge in [-0.2, -0.15) is 5.10 Å². The highest BCUT2D eigenvalue weighted by Crippen LogP contribution is 2.36. The molecule has 1 aliphatic rings. The van der Waals surface area contributed by atoms with Gasteiger partial charge in [0, 0.05) is 21.4 Å². The molecule has 2 aromatic heterocycles. The van der Waals surface area contributed by atoms with E-state index in [1.165, 1.54) is 17.7 Å². The predicted octanol–water partition coefficient (Wildman–Crippen LogP) is 8.62. The van der Waals surface area contributed by atoms with Crippen LogP contribution in [-0.2, 0) is 11.3 Å². The molecule has 1 fully saturated rings. The Balaban J connectivity index is 1.65. The Morgan fingerprint density at radius 3 is 2.66 bits per heavy atom. The van der Waals surface area contributed by atoms with Crippen LogP contribution in [0.3, 0.4) is 0 Å². The number of thiophene rings is 1. The molecule has 0 radical (unpaired) electrons. The molecule has 0 bridgehead atoms. The Hall–Kier alpha value is -2.08. The van der Waals surface area contributed by atoms with Gasteiger partial charge in [-0.15, -0.1) is 11.3 Å². The van der Waals surface area contributed by atoms with Crippen LogP contribution in [0.15, 0.2) is 36.4 Å². The van der Waals surface area contributed by atoms with E-state index in [-0.39, 0.29) is 11.8 Å².